The zero-order valence-electron chi connectivity index (χ0n) is 14.6. The van der Waals surface area contributed by atoms with E-state index in [1.165, 1.54) is 6.42 Å². The third kappa shape index (κ3) is 3.10. The molecule has 7 nitrogen and oxygen atoms in total. The first-order valence-corrected chi connectivity index (χ1v) is 10.8. The topological polar surface area (TPSA) is 84.3 Å². The smallest absolute Gasteiger partial charge is 0.272 e. The summed E-state index contributed by atoms with van der Waals surface area (Å²) in [4.78, 5) is 14.5. The lowest BCUT2D eigenvalue weighted by Crippen LogP contribution is -2.60. The van der Waals surface area contributed by atoms with E-state index in [0.717, 1.165) is 44.1 Å². The lowest BCUT2D eigenvalue weighted by molar-refractivity contribution is 0.0644. The Hall–Kier alpha value is -1.41. The predicted molar refractivity (Wildman–Crippen MR) is 93.8 cm³/mol. The number of aromatic nitrogens is 2. The molecule has 1 aromatic rings. The molecule has 0 radical (unpaired) electrons. The third-order valence-corrected chi connectivity index (χ3v) is 7.81. The molecule has 138 valence electrons. The van der Waals surface area contributed by atoms with Crippen LogP contribution in [0.2, 0.25) is 0 Å². The van der Waals surface area contributed by atoms with Gasteiger partial charge in [-0.3, -0.25) is 9.48 Å². The fraction of sp³-hybridized carbons (Fsp3) is 0.765. The summed E-state index contributed by atoms with van der Waals surface area (Å²) in [7, 11) is -1.56. The normalized spacial score (nSPS) is 22.8. The zero-order chi connectivity index (χ0) is 17.6. The van der Waals surface area contributed by atoms with Gasteiger partial charge in [-0.25, -0.2) is 13.1 Å². The SMILES string of the molecule is Cn1ncc(C2CCC2)c1C(=O)N1CC(S(=O)(=O)NC2CCCC2)C1. The first-order chi connectivity index (χ1) is 12.0. The van der Waals surface area contributed by atoms with E-state index in [1.54, 1.807) is 22.8 Å². The number of hydrogen-bond donors (Lipinski definition) is 1. The molecule has 1 aliphatic heterocycles. The molecular formula is C17H26N4O3S. The maximum atomic E-state index is 12.8. The van der Waals surface area contributed by atoms with Gasteiger partial charge in [0.1, 0.15) is 10.9 Å². The van der Waals surface area contributed by atoms with Crippen LogP contribution in [0.5, 0.6) is 0 Å². The van der Waals surface area contributed by atoms with Gasteiger partial charge in [-0.2, -0.15) is 5.10 Å². The largest absolute Gasteiger partial charge is 0.334 e. The fourth-order valence-electron chi connectivity index (χ4n) is 4.06. The molecule has 2 heterocycles. The highest BCUT2D eigenvalue weighted by atomic mass is 32.2. The summed E-state index contributed by atoms with van der Waals surface area (Å²) in [5.74, 6) is 0.340. The summed E-state index contributed by atoms with van der Waals surface area (Å²) >= 11 is 0. The molecule has 0 spiro atoms. The van der Waals surface area contributed by atoms with Crippen LogP contribution >= 0.6 is 0 Å². The van der Waals surface area contributed by atoms with E-state index in [9.17, 15) is 13.2 Å². The number of carbonyl (C=O) groups is 1. The predicted octanol–water partition coefficient (Wildman–Crippen LogP) is 1.37. The Morgan fingerprint density at radius 3 is 2.44 bits per heavy atom. The van der Waals surface area contributed by atoms with Gasteiger partial charge < -0.3 is 4.90 Å². The van der Waals surface area contributed by atoms with Crippen LogP contribution in [0.25, 0.3) is 0 Å². The Balaban J connectivity index is 1.40. The Bertz CT molecular complexity index is 757. The van der Waals surface area contributed by atoms with Crippen molar-refractivity contribution in [2.75, 3.05) is 13.1 Å². The Morgan fingerprint density at radius 2 is 1.84 bits per heavy atom. The van der Waals surface area contributed by atoms with Gasteiger partial charge in [0.15, 0.2) is 0 Å². The average molecular weight is 366 g/mol. The number of sulfonamides is 1. The van der Waals surface area contributed by atoms with Gasteiger partial charge in [0.25, 0.3) is 5.91 Å². The second-order valence-electron chi connectivity index (χ2n) is 7.68. The lowest BCUT2D eigenvalue weighted by Gasteiger charge is -2.39. The molecule has 3 fully saturated rings. The average Bonchev–Trinajstić information content (AvgIpc) is 3.04. The van der Waals surface area contributed by atoms with Crippen molar-refractivity contribution in [3.63, 3.8) is 0 Å². The number of carbonyl (C=O) groups excluding carboxylic acids is 1. The third-order valence-electron chi connectivity index (χ3n) is 5.97. The first kappa shape index (κ1) is 17.0. The summed E-state index contributed by atoms with van der Waals surface area (Å²) in [5.41, 5.74) is 1.65. The van der Waals surface area contributed by atoms with Crippen LogP contribution in [-0.2, 0) is 17.1 Å². The highest BCUT2D eigenvalue weighted by Gasteiger charge is 2.42. The molecule has 0 unspecified atom stereocenters. The quantitative estimate of drug-likeness (QED) is 0.853. The molecular weight excluding hydrogens is 340 g/mol. The van der Waals surface area contributed by atoms with Crippen molar-refractivity contribution in [1.29, 1.82) is 0 Å². The van der Waals surface area contributed by atoms with Crippen molar-refractivity contribution in [2.45, 2.75) is 62.2 Å². The van der Waals surface area contributed by atoms with E-state index in [1.807, 2.05) is 0 Å². The van der Waals surface area contributed by atoms with E-state index in [2.05, 4.69) is 9.82 Å². The fourth-order valence-corrected chi connectivity index (χ4v) is 5.70. The molecule has 3 aliphatic rings. The summed E-state index contributed by atoms with van der Waals surface area (Å²) in [6.45, 7) is 0.548. The van der Waals surface area contributed by atoms with Crippen LogP contribution in [0.4, 0.5) is 0 Å². The minimum atomic E-state index is -3.34. The van der Waals surface area contributed by atoms with E-state index >= 15 is 0 Å². The van der Waals surface area contributed by atoms with Gasteiger partial charge in [-0.1, -0.05) is 19.3 Å². The number of rotatable bonds is 5. The number of hydrogen-bond acceptors (Lipinski definition) is 4. The molecule has 8 heteroatoms. The number of amides is 1. The molecule has 0 aromatic carbocycles. The van der Waals surface area contributed by atoms with E-state index < -0.39 is 15.3 Å². The zero-order valence-corrected chi connectivity index (χ0v) is 15.5. The van der Waals surface area contributed by atoms with Gasteiger partial charge in [-0.05, 0) is 31.6 Å². The van der Waals surface area contributed by atoms with Crippen LogP contribution in [0.15, 0.2) is 6.20 Å². The van der Waals surface area contributed by atoms with Crippen molar-refractivity contribution in [1.82, 2.24) is 19.4 Å². The monoisotopic (exact) mass is 366 g/mol. The molecule has 0 bridgehead atoms. The summed E-state index contributed by atoms with van der Waals surface area (Å²) in [6, 6.07) is 0.0806. The second kappa shape index (κ2) is 6.39. The number of nitrogens with one attached hydrogen (secondary N) is 1. The Labute approximate surface area is 148 Å². The summed E-state index contributed by atoms with van der Waals surface area (Å²) < 4.78 is 29.4. The number of likely N-dealkylation sites (tertiary alicyclic amines) is 1. The van der Waals surface area contributed by atoms with E-state index in [4.69, 9.17) is 0 Å². The molecule has 0 atom stereocenters. The molecule has 1 aromatic heterocycles. The maximum Gasteiger partial charge on any atom is 0.272 e. The van der Waals surface area contributed by atoms with Crippen LogP contribution in [-0.4, -0.2) is 53.4 Å². The molecule has 4 rings (SSSR count). The maximum absolute atomic E-state index is 12.8. The van der Waals surface area contributed by atoms with Crippen LogP contribution in [0.1, 0.15) is 66.9 Å². The molecule has 2 aliphatic carbocycles. The molecule has 25 heavy (non-hydrogen) atoms. The van der Waals surface area contributed by atoms with Crippen LogP contribution < -0.4 is 4.72 Å². The van der Waals surface area contributed by atoms with Gasteiger partial charge in [0.05, 0.1) is 6.20 Å². The molecule has 2 saturated carbocycles. The first-order valence-electron chi connectivity index (χ1n) is 9.28. The summed E-state index contributed by atoms with van der Waals surface area (Å²) in [6.07, 6.45) is 9.24. The standard InChI is InChI=1S/C17H26N4O3S/c1-20-16(15(9-18-20)12-5-4-6-12)17(22)21-10-14(11-21)25(23,24)19-13-7-2-3-8-13/h9,12-14,19H,2-8,10-11H2,1H3. The van der Waals surface area contributed by atoms with E-state index in [0.29, 0.717) is 11.6 Å². The van der Waals surface area contributed by atoms with Gasteiger partial charge in [-0.15, -0.1) is 0 Å². The van der Waals surface area contributed by atoms with Crippen molar-refractivity contribution in [2.24, 2.45) is 7.05 Å². The Kier molecular flexibility index (Phi) is 4.35. The number of nitrogens with zero attached hydrogens (tertiary/aromatic N) is 3. The highest BCUT2D eigenvalue weighted by Crippen LogP contribution is 2.38. The summed E-state index contributed by atoms with van der Waals surface area (Å²) in [5, 5.41) is 3.77. The molecule has 1 amide bonds. The highest BCUT2D eigenvalue weighted by molar-refractivity contribution is 7.90. The lowest BCUT2D eigenvalue weighted by atomic mass is 9.80. The Morgan fingerprint density at radius 1 is 1.16 bits per heavy atom. The number of aryl methyl sites for hydroxylation is 1. The van der Waals surface area contributed by atoms with Crippen molar-refractivity contribution in [3.05, 3.63) is 17.5 Å². The minimum absolute atomic E-state index is 0.0806. The van der Waals surface area contributed by atoms with Crippen LogP contribution in [0.3, 0.4) is 0 Å². The molecule has 1 N–H and O–H groups in total. The van der Waals surface area contributed by atoms with Crippen molar-refractivity contribution in [3.8, 4) is 0 Å². The van der Waals surface area contributed by atoms with Gasteiger partial charge in [0.2, 0.25) is 10.0 Å². The van der Waals surface area contributed by atoms with Crippen molar-refractivity contribution >= 4 is 15.9 Å². The molecule has 1 saturated heterocycles. The van der Waals surface area contributed by atoms with E-state index in [-0.39, 0.29) is 25.0 Å². The van der Waals surface area contributed by atoms with Crippen molar-refractivity contribution < 1.29 is 13.2 Å². The van der Waals surface area contributed by atoms with Gasteiger partial charge >= 0.3 is 0 Å². The van der Waals surface area contributed by atoms with Gasteiger partial charge in [0, 0.05) is 31.7 Å². The van der Waals surface area contributed by atoms with Crippen LogP contribution in [0, 0.1) is 0 Å². The minimum Gasteiger partial charge on any atom is -0.334 e. The second-order valence-corrected chi connectivity index (χ2v) is 9.67.